The maximum Gasteiger partial charge on any atom is 0.111 e. The first-order chi connectivity index (χ1) is 6.45. The van der Waals surface area contributed by atoms with Gasteiger partial charge in [-0.25, -0.2) is 0 Å². The average Bonchev–Trinajstić information content (AvgIpc) is 2.56. The summed E-state index contributed by atoms with van der Waals surface area (Å²) in [7, 11) is 0. The van der Waals surface area contributed by atoms with Crippen molar-refractivity contribution in [1.29, 1.82) is 0 Å². The number of aryl methyl sites for hydroxylation is 1. The molecule has 2 N–H and O–H groups in total. The minimum absolute atomic E-state index is 0.965. The Morgan fingerprint density at radius 2 is 2.08 bits per heavy atom. The van der Waals surface area contributed by atoms with Crippen LogP contribution in [0.4, 0.5) is 5.82 Å². The van der Waals surface area contributed by atoms with E-state index in [0.29, 0.717) is 0 Å². The van der Waals surface area contributed by atoms with E-state index in [1.54, 1.807) is 5.56 Å². The lowest BCUT2D eigenvalue weighted by atomic mass is 9.94. The molecule has 0 saturated heterocycles. The number of aromatic amines is 1. The molecule has 3 rings (SSSR count). The van der Waals surface area contributed by atoms with Crippen molar-refractivity contribution in [2.75, 3.05) is 11.9 Å². The molecular weight excluding hydrogens is 160 g/mol. The molecule has 0 atom stereocenters. The quantitative estimate of drug-likeness (QED) is 0.620. The lowest BCUT2D eigenvalue weighted by Gasteiger charge is -2.12. The van der Waals surface area contributed by atoms with E-state index in [1.807, 2.05) is 0 Å². The first-order valence-corrected chi connectivity index (χ1v) is 5.09. The molecule has 0 radical (unpaired) electrons. The van der Waals surface area contributed by atoms with Gasteiger partial charge >= 0.3 is 0 Å². The molecule has 68 valence electrons. The van der Waals surface area contributed by atoms with E-state index in [-0.39, 0.29) is 0 Å². The molecule has 2 nitrogen and oxygen atoms in total. The fourth-order valence-electron chi connectivity index (χ4n) is 2.37. The standard InChI is InChI=1S/C11H14N2/c1-2-6-10-8(4-1)9-5-3-7-12-11(9)13-10/h3,5,12-13H,1-2,4,6-7H2. The summed E-state index contributed by atoms with van der Waals surface area (Å²) in [5.74, 6) is 1.24. The van der Waals surface area contributed by atoms with Gasteiger partial charge in [0.05, 0.1) is 0 Å². The second kappa shape index (κ2) is 2.66. The second-order valence-electron chi connectivity index (χ2n) is 3.86. The number of anilines is 1. The third-order valence-corrected chi connectivity index (χ3v) is 3.02. The van der Waals surface area contributed by atoms with Gasteiger partial charge in [0.2, 0.25) is 0 Å². The molecule has 1 aliphatic carbocycles. The molecule has 2 heteroatoms. The van der Waals surface area contributed by atoms with Gasteiger partial charge in [-0.05, 0) is 31.2 Å². The van der Waals surface area contributed by atoms with Crippen LogP contribution in [0.25, 0.3) is 6.08 Å². The van der Waals surface area contributed by atoms with Crippen molar-refractivity contribution < 1.29 is 0 Å². The predicted molar refractivity (Wildman–Crippen MR) is 55.0 cm³/mol. The Morgan fingerprint density at radius 1 is 1.15 bits per heavy atom. The van der Waals surface area contributed by atoms with Crippen LogP contribution in [0.3, 0.4) is 0 Å². The summed E-state index contributed by atoms with van der Waals surface area (Å²) in [6, 6.07) is 0. The Balaban J connectivity index is 2.16. The number of fused-ring (bicyclic) bond motifs is 3. The van der Waals surface area contributed by atoms with Gasteiger partial charge in [0.15, 0.2) is 0 Å². The van der Waals surface area contributed by atoms with E-state index in [2.05, 4.69) is 22.5 Å². The largest absolute Gasteiger partial charge is 0.368 e. The van der Waals surface area contributed by atoms with Crippen LogP contribution in [-0.2, 0) is 12.8 Å². The molecule has 0 amide bonds. The van der Waals surface area contributed by atoms with Crippen LogP contribution in [0.5, 0.6) is 0 Å². The monoisotopic (exact) mass is 174 g/mol. The molecule has 0 fully saturated rings. The van der Waals surface area contributed by atoms with Crippen LogP contribution in [-0.4, -0.2) is 11.5 Å². The summed E-state index contributed by atoms with van der Waals surface area (Å²) >= 11 is 0. The van der Waals surface area contributed by atoms with Crippen molar-refractivity contribution in [3.63, 3.8) is 0 Å². The normalized spacial score (nSPS) is 19.1. The molecule has 0 unspecified atom stereocenters. The summed E-state index contributed by atoms with van der Waals surface area (Å²) < 4.78 is 0. The van der Waals surface area contributed by atoms with Gasteiger partial charge in [-0.15, -0.1) is 0 Å². The van der Waals surface area contributed by atoms with E-state index >= 15 is 0 Å². The fourth-order valence-corrected chi connectivity index (χ4v) is 2.37. The van der Waals surface area contributed by atoms with Crippen LogP contribution in [0.2, 0.25) is 0 Å². The summed E-state index contributed by atoms with van der Waals surface area (Å²) in [5.41, 5.74) is 4.45. The molecule has 2 aliphatic rings. The van der Waals surface area contributed by atoms with Gasteiger partial charge in [-0.2, -0.15) is 0 Å². The second-order valence-corrected chi connectivity index (χ2v) is 3.86. The maximum absolute atomic E-state index is 3.49. The third-order valence-electron chi connectivity index (χ3n) is 3.02. The average molecular weight is 174 g/mol. The zero-order chi connectivity index (χ0) is 8.67. The molecule has 1 aliphatic heterocycles. The molecule has 1 aromatic heterocycles. The van der Waals surface area contributed by atoms with Gasteiger partial charge in [0, 0.05) is 17.8 Å². The van der Waals surface area contributed by atoms with Crippen molar-refractivity contribution >= 4 is 11.9 Å². The van der Waals surface area contributed by atoms with E-state index in [1.165, 1.54) is 42.8 Å². The SMILES string of the molecule is C1=Cc2c([nH]c3c2CCCC3)NC1. The van der Waals surface area contributed by atoms with Gasteiger partial charge in [0.1, 0.15) is 5.82 Å². The molecule has 0 bridgehead atoms. The summed E-state index contributed by atoms with van der Waals surface area (Å²) in [6.45, 7) is 0.965. The minimum atomic E-state index is 0.965. The lowest BCUT2D eigenvalue weighted by molar-refractivity contribution is 0.676. The summed E-state index contributed by atoms with van der Waals surface area (Å²) in [4.78, 5) is 3.49. The fraction of sp³-hybridized carbons (Fsp3) is 0.455. The highest BCUT2D eigenvalue weighted by atomic mass is 15.0. The Bertz CT molecular complexity index is 360. The minimum Gasteiger partial charge on any atom is -0.368 e. The van der Waals surface area contributed by atoms with Gasteiger partial charge in [0.25, 0.3) is 0 Å². The molecule has 0 spiro atoms. The molecule has 13 heavy (non-hydrogen) atoms. The Labute approximate surface area is 78.0 Å². The van der Waals surface area contributed by atoms with Crippen molar-refractivity contribution in [2.45, 2.75) is 25.7 Å². The van der Waals surface area contributed by atoms with Crippen LogP contribution in [0.1, 0.15) is 29.7 Å². The van der Waals surface area contributed by atoms with Crippen LogP contribution in [0.15, 0.2) is 6.08 Å². The highest BCUT2D eigenvalue weighted by Gasteiger charge is 2.19. The first-order valence-electron chi connectivity index (χ1n) is 5.09. The Hall–Kier alpha value is -1.18. The van der Waals surface area contributed by atoms with Crippen LogP contribution >= 0.6 is 0 Å². The molecule has 0 aromatic carbocycles. The molecular formula is C11H14N2. The predicted octanol–water partition coefficient (Wildman–Crippen LogP) is 2.33. The Kier molecular flexibility index (Phi) is 1.48. The topological polar surface area (TPSA) is 27.8 Å². The number of nitrogens with one attached hydrogen (secondary N) is 2. The zero-order valence-corrected chi connectivity index (χ0v) is 7.69. The van der Waals surface area contributed by atoms with E-state index < -0.39 is 0 Å². The highest BCUT2D eigenvalue weighted by molar-refractivity contribution is 5.72. The van der Waals surface area contributed by atoms with Crippen LogP contribution < -0.4 is 5.32 Å². The number of aromatic nitrogens is 1. The van der Waals surface area contributed by atoms with Crippen molar-refractivity contribution in [3.05, 3.63) is 22.9 Å². The van der Waals surface area contributed by atoms with E-state index in [9.17, 15) is 0 Å². The number of hydrogen-bond donors (Lipinski definition) is 2. The van der Waals surface area contributed by atoms with Crippen LogP contribution in [0, 0.1) is 0 Å². The van der Waals surface area contributed by atoms with Crippen molar-refractivity contribution in [1.82, 2.24) is 4.98 Å². The third kappa shape index (κ3) is 1.01. The molecule has 1 aromatic rings. The van der Waals surface area contributed by atoms with E-state index in [0.717, 1.165) is 6.54 Å². The van der Waals surface area contributed by atoms with Gasteiger partial charge in [-0.3, -0.25) is 0 Å². The highest BCUT2D eigenvalue weighted by Crippen LogP contribution is 2.32. The maximum atomic E-state index is 3.49. The van der Waals surface area contributed by atoms with Crippen molar-refractivity contribution in [3.8, 4) is 0 Å². The number of rotatable bonds is 0. The van der Waals surface area contributed by atoms with Crippen molar-refractivity contribution in [2.24, 2.45) is 0 Å². The molecule has 2 heterocycles. The lowest BCUT2D eigenvalue weighted by Crippen LogP contribution is -2.04. The van der Waals surface area contributed by atoms with Gasteiger partial charge < -0.3 is 10.3 Å². The zero-order valence-electron chi connectivity index (χ0n) is 7.69. The summed E-state index contributed by atoms with van der Waals surface area (Å²) in [6.07, 6.45) is 9.64. The Morgan fingerprint density at radius 3 is 3.08 bits per heavy atom. The first kappa shape index (κ1) is 7.25. The molecule has 0 saturated carbocycles. The van der Waals surface area contributed by atoms with E-state index in [4.69, 9.17) is 0 Å². The summed E-state index contributed by atoms with van der Waals surface area (Å²) in [5, 5.41) is 3.38. The smallest absolute Gasteiger partial charge is 0.111 e. The number of H-pyrrole nitrogens is 1. The van der Waals surface area contributed by atoms with Gasteiger partial charge in [-0.1, -0.05) is 12.2 Å². The number of hydrogen-bond acceptors (Lipinski definition) is 1.